The van der Waals surface area contributed by atoms with Crippen LogP contribution in [0.5, 0.6) is 5.75 Å². The summed E-state index contributed by atoms with van der Waals surface area (Å²) in [6.07, 6.45) is 7.57. The maximum Gasteiger partial charge on any atom is 0.252 e. The number of hydrogen-bond donors (Lipinski definition) is 2. The third-order valence-electron chi connectivity index (χ3n) is 3.76. The summed E-state index contributed by atoms with van der Waals surface area (Å²) in [5, 5.41) is 12.6. The first-order valence-corrected chi connectivity index (χ1v) is 7.31. The number of phenols is 1. The van der Waals surface area contributed by atoms with Gasteiger partial charge in [0.05, 0.1) is 10.6 Å². The molecule has 0 aliphatic heterocycles. The van der Waals surface area contributed by atoms with Crippen molar-refractivity contribution in [1.29, 1.82) is 0 Å². The maximum absolute atomic E-state index is 12.0. The van der Waals surface area contributed by atoms with E-state index in [0.29, 0.717) is 17.1 Å². The molecule has 1 amide bonds. The lowest BCUT2D eigenvalue weighted by molar-refractivity contribution is 0.0950. The molecular weight excluding hydrogens is 262 g/mol. The molecule has 0 radical (unpaired) electrons. The van der Waals surface area contributed by atoms with Crippen LogP contribution in [0.15, 0.2) is 18.2 Å². The van der Waals surface area contributed by atoms with Gasteiger partial charge in [-0.25, -0.2) is 0 Å². The average Bonchev–Trinajstić information content (AvgIpc) is 2.42. The second kappa shape index (κ2) is 6.80. The van der Waals surface area contributed by atoms with Gasteiger partial charge in [0.2, 0.25) is 0 Å². The topological polar surface area (TPSA) is 49.3 Å². The molecule has 2 N–H and O–H groups in total. The quantitative estimate of drug-likeness (QED) is 0.883. The molecule has 2 rings (SSSR count). The van der Waals surface area contributed by atoms with Gasteiger partial charge in [0.25, 0.3) is 5.91 Å². The van der Waals surface area contributed by atoms with Crippen LogP contribution >= 0.6 is 11.6 Å². The number of amides is 1. The second-order valence-corrected chi connectivity index (χ2v) is 5.62. The largest absolute Gasteiger partial charge is 0.508 e. The minimum absolute atomic E-state index is 0.0573. The molecule has 0 aromatic heterocycles. The number of carbonyl (C=O) groups is 1. The number of halogens is 1. The Morgan fingerprint density at radius 3 is 2.79 bits per heavy atom. The molecule has 1 aromatic carbocycles. The van der Waals surface area contributed by atoms with Crippen molar-refractivity contribution in [3.05, 3.63) is 28.8 Å². The molecule has 0 spiro atoms. The highest BCUT2D eigenvalue weighted by Gasteiger charge is 2.15. The Hall–Kier alpha value is -1.22. The Kier molecular flexibility index (Phi) is 5.08. The highest BCUT2D eigenvalue weighted by atomic mass is 35.5. The molecule has 104 valence electrons. The van der Waals surface area contributed by atoms with Crippen molar-refractivity contribution >= 4 is 17.5 Å². The van der Waals surface area contributed by atoms with E-state index in [1.807, 2.05) is 0 Å². The van der Waals surface area contributed by atoms with Crippen molar-refractivity contribution < 1.29 is 9.90 Å². The molecule has 1 fully saturated rings. The van der Waals surface area contributed by atoms with E-state index in [1.54, 1.807) is 0 Å². The SMILES string of the molecule is O=C(NCCC1CCCCC1)c1cc(O)ccc1Cl. The Morgan fingerprint density at radius 2 is 2.05 bits per heavy atom. The number of carbonyl (C=O) groups excluding carboxylic acids is 1. The number of rotatable bonds is 4. The van der Waals surface area contributed by atoms with Crippen molar-refractivity contribution in [2.45, 2.75) is 38.5 Å². The Bertz CT molecular complexity index is 442. The van der Waals surface area contributed by atoms with Crippen LogP contribution in [0.4, 0.5) is 0 Å². The lowest BCUT2D eigenvalue weighted by Crippen LogP contribution is -2.26. The van der Waals surface area contributed by atoms with Crippen molar-refractivity contribution in [3.63, 3.8) is 0 Å². The van der Waals surface area contributed by atoms with Gasteiger partial charge in [0, 0.05) is 6.54 Å². The molecule has 0 saturated heterocycles. The number of benzene rings is 1. The minimum atomic E-state index is -0.211. The van der Waals surface area contributed by atoms with Crippen LogP contribution in [0, 0.1) is 5.92 Å². The van der Waals surface area contributed by atoms with Crippen LogP contribution in [0.3, 0.4) is 0 Å². The fraction of sp³-hybridized carbons (Fsp3) is 0.533. The predicted octanol–water partition coefficient (Wildman–Crippen LogP) is 3.75. The van der Waals surface area contributed by atoms with Crippen LogP contribution < -0.4 is 5.32 Å². The highest BCUT2D eigenvalue weighted by Crippen LogP contribution is 2.26. The van der Waals surface area contributed by atoms with Crippen LogP contribution in [0.25, 0.3) is 0 Å². The van der Waals surface area contributed by atoms with Crippen molar-refractivity contribution in [1.82, 2.24) is 5.32 Å². The van der Waals surface area contributed by atoms with Crippen LogP contribution in [-0.2, 0) is 0 Å². The zero-order valence-electron chi connectivity index (χ0n) is 11.0. The molecule has 0 heterocycles. The van der Waals surface area contributed by atoms with E-state index in [4.69, 9.17) is 11.6 Å². The summed E-state index contributed by atoms with van der Waals surface area (Å²) in [7, 11) is 0. The monoisotopic (exact) mass is 281 g/mol. The van der Waals surface area contributed by atoms with Gasteiger partial charge in [-0.1, -0.05) is 43.7 Å². The van der Waals surface area contributed by atoms with E-state index in [-0.39, 0.29) is 11.7 Å². The van der Waals surface area contributed by atoms with Gasteiger partial charge in [0.1, 0.15) is 5.75 Å². The molecule has 0 unspecified atom stereocenters. The maximum atomic E-state index is 12.0. The summed E-state index contributed by atoms with van der Waals surface area (Å²) in [4.78, 5) is 12.0. The summed E-state index contributed by atoms with van der Waals surface area (Å²) in [6.45, 7) is 0.676. The average molecular weight is 282 g/mol. The lowest BCUT2D eigenvalue weighted by atomic mass is 9.87. The van der Waals surface area contributed by atoms with E-state index in [2.05, 4.69) is 5.32 Å². The summed E-state index contributed by atoms with van der Waals surface area (Å²) in [6, 6.07) is 4.41. The van der Waals surface area contributed by atoms with E-state index >= 15 is 0 Å². The van der Waals surface area contributed by atoms with Gasteiger partial charge in [-0.3, -0.25) is 4.79 Å². The Labute approximate surface area is 119 Å². The molecule has 1 aliphatic carbocycles. The molecule has 1 aromatic rings. The van der Waals surface area contributed by atoms with E-state index in [0.717, 1.165) is 12.3 Å². The standard InChI is InChI=1S/C15H20ClNO2/c16-14-7-6-12(18)10-13(14)15(19)17-9-8-11-4-2-1-3-5-11/h6-7,10-11,18H,1-5,8-9H2,(H,17,19). The Morgan fingerprint density at radius 1 is 1.32 bits per heavy atom. The fourth-order valence-electron chi connectivity index (χ4n) is 2.65. The van der Waals surface area contributed by atoms with E-state index < -0.39 is 0 Å². The van der Waals surface area contributed by atoms with Gasteiger partial charge in [-0.05, 0) is 30.5 Å². The molecule has 4 heteroatoms. The van der Waals surface area contributed by atoms with Crippen LogP contribution in [0.2, 0.25) is 5.02 Å². The van der Waals surface area contributed by atoms with Gasteiger partial charge in [-0.15, -0.1) is 0 Å². The van der Waals surface area contributed by atoms with Gasteiger partial charge < -0.3 is 10.4 Å². The number of phenolic OH excluding ortho intramolecular Hbond substituents is 1. The first-order valence-electron chi connectivity index (χ1n) is 6.93. The van der Waals surface area contributed by atoms with Crippen molar-refractivity contribution in [3.8, 4) is 5.75 Å². The minimum Gasteiger partial charge on any atom is -0.508 e. The third-order valence-corrected chi connectivity index (χ3v) is 4.09. The van der Waals surface area contributed by atoms with E-state index in [1.165, 1.54) is 50.3 Å². The smallest absolute Gasteiger partial charge is 0.252 e. The molecule has 0 atom stereocenters. The molecule has 19 heavy (non-hydrogen) atoms. The summed E-state index contributed by atoms with van der Waals surface area (Å²) >= 11 is 5.95. The zero-order valence-corrected chi connectivity index (χ0v) is 11.7. The Balaban J connectivity index is 1.82. The van der Waals surface area contributed by atoms with Crippen LogP contribution in [-0.4, -0.2) is 17.6 Å². The van der Waals surface area contributed by atoms with Gasteiger partial charge in [-0.2, -0.15) is 0 Å². The normalized spacial score (nSPS) is 16.3. The lowest BCUT2D eigenvalue weighted by Gasteiger charge is -2.21. The fourth-order valence-corrected chi connectivity index (χ4v) is 2.85. The molecule has 1 saturated carbocycles. The summed E-state index contributed by atoms with van der Waals surface area (Å²) in [5.74, 6) is 0.590. The van der Waals surface area contributed by atoms with E-state index in [9.17, 15) is 9.90 Å². The second-order valence-electron chi connectivity index (χ2n) is 5.21. The third kappa shape index (κ3) is 4.13. The molecule has 0 bridgehead atoms. The first-order chi connectivity index (χ1) is 9.16. The number of nitrogens with one attached hydrogen (secondary N) is 1. The van der Waals surface area contributed by atoms with Gasteiger partial charge in [0.15, 0.2) is 0 Å². The van der Waals surface area contributed by atoms with Crippen LogP contribution in [0.1, 0.15) is 48.9 Å². The predicted molar refractivity (Wildman–Crippen MR) is 76.6 cm³/mol. The van der Waals surface area contributed by atoms with Crippen molar-refractivity contribution in [2.75, 3.05) is 6.54 Å². The number of aromatic hydroxyl groups is 1. The van der Waals surface area contributed by atoms with Gasteiger partial charge >= 0.3 is 0 Å². The summed E-state index contributed by atoms with van der Waals surface area (Å²) < 4.78 is 0. The highest BCUT2D eigenvalue weighted by molar-refractivity contribution is 6.33. The number of hydrogen-bond acceptors (Lipinski definition) is 2. The first kappa shape index (κ1) is 14.2. The zero-order chi connectivity index (χ0) is 13.7. The molecule has 1 aliphatic rings. The molecule has 3 nitrogen and oxygen atoms in total. The van der Waals surface area contributed by atoms with Crippen molar-refractivity contribution in [2.24, 2.45) is 5.92 Å². The summed E-state index contributed by atoms with van der Waals surface area (Å²) in [5.41, 5.74) is 0.338. The molecular formula is C15H20ClNO2.